The lowest BCUT2D eigenvalue weighted by molar-refractivity contribution is -0.140. The minimum Gasteiger partial charge on any atom is -0.480 e. The monoisotopic (exact) mass is 391 g/mol. The van der Waals surface area contributed by atoms with Crippen LogP contribution in [-0.2, 0) is 11.2 Å². The highest BCUT2D eigenvalue weighted by Gasteiger charge is 2.32. The molecule has 10 heteroatoms. The summed E-state index contributed by atoms with van der Waals surface area (Å²) in [5.74, 6) is -1.05. The van der Waals surface area contributed by atoms with Gasteiger partial charge in [-0.25, -0.2) is 4.79 Å². The highest BCUT2D eigenvalue weighted by atomic mass is 35.5. The van der Waals surface area contributed by atoms with Crippen molar-refractivity contribution in [3.8, 4) is 16.8 Å². The van der Waals surface area contributed by atoms with Gasteiger partial charge in [0.05, 0.1) is 10.7 Å². The molecule has 0 saturated heterocycles. The molecule has 0 radical (unpaired) electrons. The summed E-state index contributed by atoms with van der Waals surface area (Å²) in [6, 6.07) is 5.49. The number of halogens is 2. The number of carboxylic acid groups (broad SMARTS) is 1. The molecule has 132 valence electrons. The fraction of sp³-hybridized carbons (Fsp3) is 0.188. The SMILES string of the molecule is O=C(O)C1CCc2c(Cl)c(-c3cc(Cl)ccc3-n3cnnn3)cc(=O)n21. The third-order valence-electron chi connectivity index (χ3n) is 4.38. The first-order valence-corrected chi connectivity index (χ1v) is 8.43. The molecule has 0 spiro atoms. The molecule has 0 fully saturated rings. The van der Waals surface area contributed by atoms with E-state index in [9.17, 15) is 14.7 Å². The van der Waals surface area contributed by atoms with Gasteiger partial charge in [-0.1, -0.05) is 23.2 Å². The van der Waals surface area contributed by atoms with Gasteiger partial charge in [-0.3, -0.25) is 9.36 Å². The number of fused-ring (bicyclic) bond motifs is 1. The number of carbonyl (C=O) groups is 1. The second kappa shape index (κ2) is 6.22. The van der Waals surface area contributed by atoms with Gasteiger partial charge in [0, 0.05) is 27.9 Å². The van der Waals surface area contributed by atoms with Crippen LogP contribution in [0.15, 0.2) is 35.4 Å². The number of pyridine rings is 1. The summed E-state index contributed by atoms with van der Waals surface area (Å²) >= 11 is 12.7. The second-order valence-electron chi connectivity index (χ2n) is 5.84. The van der Waals surface area contributed by atoms with Crippen molar-refractivity contribution in [2.75, 3.05) is 0 Å². The van der Waals surface area contributed by atoms with E-state index in [2.05, 4.69) is 15.5 Å². The van der Waals surface area contributed by atoms with Crippen molar-refractivity contribution in [2.45, 2.75) is 18.9 Å². The molecule has 8 nitrogen and oxygen atoms in total. The van der Waals surface area contributed by atoms with E-state index in [0.717, 1.165) is 0 Å². The summed E-state index contributed by atoms with van der Waals surface area (Å²) in [6.45, 7) is 0. The zero-order chi connectivity index (χ0) is 18.4. The standard InChI is InChI=1S/C16H11Cl2N5O3/c17-8-1-2-11(22-7-19-20-21-22)9(5-8)10-6-14(24)23-12(15(10)18)3-4-13(23)16(25)26/h1-2,5-7,13H,3-4H2,(H,25,26). The Hall–Kier alpha value is -2.71. The lowest BCUT2D eigenvalue weighted by atomic mass is 10.0. The maximum absolute atomic E-state index is 12.6. The van der Waals surface area contributed by atoms with Crippen molar-refractivity contribution in [2.24, 2.45) is 0 Å². The first kappa shape index (κ1) is 16.7. The number of benzene rings is 1. The minimum atomic E-state index is -1.05. The van der Waals surface area contributed by atoms with Crippen LogP contribution in [0.3, 0.4) is 0 Å². The van der Waals surface area contributed by atoms with Gasteiger partial charge < -0.3 is 5.11 Å². The quantitative estimate of drug-likeness (QED) is 0.734. The van der Waals surface area contributed by atoms with E-state index in [-0.39, 0.29) is 0 Å². The van der Waals surface area contributed by atoms with E-state index >= 15 is 0 Å². The Morgan fingerprint density at radius 2 is 2.04 bits per heavy atom. The van der Waals surface area contributed by atoms with Gasteiger partial charge in [-0.15, -0.1) is 5.10 Å². The molecular weight excluding hydrogens is 381 g/mol. The van der Waals surface area contributed by atoms with Crippen molar-refractivity contribution >= 4 is 29.2 Å². The Kier molecular flexibility index (Phi) is 4.01. The Bertz CT molecular complexity index is 1080. The second-order valence-corrected chi connectivity index (χ2v) is 6.65. The van der Waals surface area contributed by atoms with Crippen molar-refractivity contribution in [3.05, 3.63) is 56.7 Å². The molecule has 0 aliphatic carbocycles. The molecule has 2 aromatic heterocycles. The number of rotatable bonds is 3. The van der Waals surface area contributed by atoms with E-state index in [1.165, 1.54) is 21.6 Å². The molecule has 0 bridgehead atoms. The number of nitrogens with zero attached hydrogens (tertiary/aromatic N) is 5. The molecule has 1 unspecified atom stereocenters. The van der Waals surface area contributed by atoms with Gasteiger partial charge in [0.2, 0.25) is 0 Å². The third-order valence-corrected chi connectivity index (χ3v) is 5.04. The fourth-order valence-electron chi connectivity index (χ4n) is 3.25. The normalized spacial score (nSPS) is 15.8. The van der Waals surface area contributed by atoms with Crippen LogP contribution in [0.4, 0.5) is 0 Å². The molecule has 0 amide bonds. The first-order valence-electron chi connectivity index (χ1n) is 7.67. The van der Waals surface area contributed by atoms with Crippen LogP contribution in [0, 0.1) is 0 Å². The largest absolute Gasteiger partial charge is 0.480 e. The predicted molar refractivity (Wildman–Crippen MR) is 93.9 cm³/mol. The molecule has 4 rings (SSSR count). The molecular formula is C16H11Cl2N5O3. The lowest BCUT2D eigenvalue weighted by Gasteiger charge is -2.15. The summed E-state index contributed by atoms with van der Waals surface area (Å²) in [4.78, 5) is 24.0. The molecule has 3 heterocycles. The maximum Gasteiger partial charge on any atom is 0.326 e. The fourth-order valence-corrected chi connectivity index (χ4v) is 3.76. The van der Waals surface area contributed by atoms with Crippen LogP contribution in [0.25, 0.3) is 16.8 Å². The number of hydrogen-bond acceptors (Lipinski definition) is 5. The van der Waals surface area contributed by atoms with Gasteiger partial charge in [-0.2, -0.15) is 4.68 Å². The van der Waals surface area contributed by atoms with E-state index in [1.807, 2.05) is 0 Å². The molecule has 0 saturated carbocycles. The van der Waals surface area contributed by atoms with Crippen molar-refractivity contribution < 1.29 is 9.90 Å². The number of aromatic nitrogens is 5. The molecule has 3 aromatic rings. The average Bonchev–Trinajstić information content (AvgIpc) is 3.27. The molecule has 1 aliphatic heterocycles. The molecule has 1 aliphatic rings. The van der Waals surface area contributed by atoms with Crippen LogP contribution < -0.4 is 5.56 Å². The summed E-state index contributed by atoms with van der Waals surface area (Å²) < 4.78 is 2.68. The lowest BCUT2D eigenvalue weighted by Crippen LogP contribution is -2.27. The van der Waals surface area contributed by atoms with Gasteiger partial charge in [0.25, 0.3) is 5.56 Å². The molecule has 26 heavy (non-hydrogen) atoms. The molecule has 1 N–H and O–H groups in total. The van der Waals surface area contributed by atoms with E-state index in [0.29, 0.717) is 45.4 Å². The van der Waals surface area contributed by atoms with E-state index in [4.69, 9.17) is 23.2 Å². The summed E-state index contributed by atoms with van der Waals surface area (Å²) in [5, 5.41) is 21.2. The van der Waals surface area contributed by atoms with Crippen LogP contribution in [0.5, 0.6) is 0 Å². The molecule has 1 atom stereocenters. The van der Waals surface area contributed by atoms with E-state index < -0.39 is 17.6 Å². The Morgan fingerprint density at radius 1 is 1.23 bits per heavy atom. The Balaban J connectivity index is 1.97. The topological polar surface area (TPSA) is 103 Å². The van der Waals surface area contributed by atoms with Crippen LogP contribution >= 0.6 is 23.2 Å². The van der Waals surface area contributed by atoms with Crippen LogP contribution in [-0.4, -0.2) is 35.9 Å². The smallest absolute Gasteiger partial charge is 0.326 e. The predicted octanol–water partition coefficient (Wildman–Crippen LogP) is 2.37. The van der Waals surface area contributed by atoms with Crippen molar-refractivity contribution in [1.29, 1.82) is 0 Å². The summed E-state index contributed by atoms with van der Waals surface area (Å²) in [7, 11) is 0. The zero-order valence-corrected chi connectivity index (χ0v) is 14.6. The first-order chi connectivity index (χ1) is 12.5. The highest BCUT2D eigenvalue weighted by Crippen LogP contribution is 2.38. The molecule has 1 aromatic carbocycles. The highest BCUT2D eigenvalue weighted by molar-refractivity contribution is 6.34. The van der Waals surface area contributed by atoms with E-state index in [1.54, 1.807) is 18.2 Å². The number of aliphatic carboxylic acids is 1. The van der Waals surface area contributed by atoms with Crippen LogP contribution in [0.2, 0.25) is 10.0 Å². The third kappa shape index (κ3) is 2.58. The van der Waals surface area contributed by atoms with Gasteiger partial charge in [0.15, 0.2) is 0 Å². The minimum absolute atomic E-state index is 0.323. The zero-order valence-electron chi connectivity index (χ0n) is 13.1. The number of carboxylic acids is 1. The van der Waals surface area contributed by atoms with Gasteiger partial charge in [-0.05, 0) is 41.5 Å². The van der Waals surface area contributed by atoms with Crippen molar-refractivity contribution in [3.63, 3.8) is 0 Å². The Morgan fingerprint density at radius 3 is 2.73 bits per heavy atom. The number of hydrogen-bond donors (Lipinski definition) is 1. The Labute approximate surface area is 156 Å². The number of tetrazole rings is 1. The maximum atomic E-state index is 12.6. The van der Waals surface area contributed by atoms with Crippen molar-refractivity contribution in [1.82, 2.24) is 24.8 Å². The summed E-state index contributed by atoms with van der Waals surface area (Å²) in [5.41, 5.74) is 1.71. The van der Waals surface area contributed by atoms with Crippen LogP contribution in [0.1, 0.15) is 18.2 Å². The van der Waals surface area contributed by atoms with Gasteiger partial charge >= 0.3 is 5.97 Å². The average molecular weight is 392 g/mol. The van der Waals surface area contributed by atoms with Gasteiger partial charge in [0.1, 0.15) is 12.4 Å². The summed E-state index contributed by atoms with van der Waals surface area (Å²) in [6.07, 6.45) is 2.14.